The van der Waals surface area contributed by atoms with E-state index in [9.17, 15) is 0 Å². The van der Waals surface area contributed by atoms with Crippen LogP contribution in [0.1, 0.15) is 22.1 Å². The Morgan fingerprint density at radius 1 is 1.00 bits per heavy atom. The van der Waals surface area contributed by atoms with Crippen molar-refractivity contribution >= 4 is 64.9 Å². The van der Waals surface area contributed by atoms with Gasteiger partial charge >= 0.3 is 0 Å². The molecular formula is C16H11Br2ClS. The summed E-state index contributed by atoms with van der Waals surface area (Å²) in [5.74, 6) is 0. The maximum atomic E-state index is 6.75. The summed E-state index contributed by atoms with van der Waals surface area (Å²) in [7, 11) is 0. The minimum atomic E-state index is -0.129. The molecule has 102 valence electrons. The fourth-order valence-corrected chi connectivity index (χ4v) is 4.83. The summed E-state index contributed by atoms with van der Waals surface area (Å²) in [6, 6.07) is 12.4. The third-order valence-corrected chi connectivity index (χ3v) is 6.74. The van der Waals surface area contributed by atoms with Gasteiger partial charge in [-0.2, -0.15) is 0 Å². The van der Waals surface area contributed by atoms with Crippen LogP contribution in [0.15, 0.2) is 50.7 Å². The van der Waals surface area contributed by atoms with Crippen molar-refractivity contribution in [1.82, 2.24) is 0 Å². The van der Waals surface area contributed by atoms with E-state index in [4.69, 9.17) is 11.6 Å². The van der Waals surface area contributed by atoms with Crippen LogP contribution < -0.4 is 0 Å². The predicted molar refractivity (Wildman–Crippen MR) is 96.1 cm³/mol. The molecule has 0 spiro atoms. The second kappa shape index (κ2) is 5.80. The Labute approximate surface area is 144 Å². The fraction of sp³-hybridized carbons (Fsp3) is 0.125. The van der Waals surface area contributed by atoms with Crippen molar-refractivity contribution in [3.63, 3.8) is 0 Å². The molecule has 0 bridgehead atoms. The number of alkyl halides is 1. The molecule has 4 heteroatoms. The van der Waals surface area contributed by atoms with E-state index in [0.717, 1.165) is 14.5 Å². The zero-order chi connectivity index (χ0) is 14.3. The van der Waals surface area contributed by atoms with E-state index < -0.39 is 0 Å². The van der Waals surface area contributed by atoms with Crippen LogP contribution in [0.5, 0.6) is 0 Å². The average Bonchev–Trinajstić information content (AvgIpc) is 2.86. The van der Waals surface area contributed by atoms with Gasteiger partial charge in [0.2, 0.25) is 0 Å². The molecule has 3 aromatic rings. The van der Waals surface area contributed by atoms with E-state index >= 15 is 0 Å². The van der Waals surface area contributed by atoms with Crippen LogP contribution in [0.2, 0.25) is 0 Å². The first-order valence-corrected chi connectivity index (χ1v) is 9.04. The first-order chi connectivity index (χ1) is 9.59. The zero-order valence-corrected chi connectivity index (χ0v) is 15.4. The maximum absolute atomic E-state index is 6.75. The van der Waals surface area contributed by atoms with E-state index in [1.165, 1.54) is 21.2 Å². The van der Waals surface area contributed by atoms with Gasteiger partial charge in [0.1, 0.15) is 0 Å². The third kappa shape index (κ3) is 2.45. The Morgan fingerprint density at radius 2 is 1.70 bits per heavy atom. The Morgan fingerprint density at radius 3 is 2.50 bits per heavy atom. The molecule has 0 radical (unpaired) electrons. The number of benzene rings is 2. The SMILES string of the molecule is Cc1c(Br)cccc1C(Cl)c1csc2c(Br)cccc12. The van der Waals surface area contributed by atoms with Gasteiger partial charge in [0, 0.05) is 13.6 Å². The van der Waals surface area contributed by atoms with Crippen molar-refractivity contribution < 1.29 is 0 Å². The van der Waals surface area contributed by atoms with E-state index in [0.29, 0.717) is 0 Å². The smallest absolute Gasteiger partial charge is 0.0852 e. The van der Waals surface area contributed by atoms with Crippen molar-refractivity contribution in [2.24, 2.45) is 0 Å². The van der Waals surface area contributed by atoms with Crippen molar-refractivity contribution in [2.45, 2.75) is 12.3 Å². The van der Waals surface area contributed by atoms with Crippen molar-refractivity contribution in [3.8, 4) is 0 Å². The molecule has 3 rings (SSSR count). The summed E-state index contributed by atoms with van der Waals surface area (Å²) in [6.07, 6.45) is 0. The standard InChI is InChI=1S/C16H11Br2ClS/c1-9-10(4-2-6-13(9)17)15(19)12-8-20-16-11(12)5-3-7-14(16)18/h2-8,15H,1H3. The molecule has 0 saturated carbocycles. The average molecular weight is 431 g/mol. The topological polar surface area (TPSA) is 0 Å². The lowest BCUT2D eigenvalue weighted by atomic mass is 10.00. The first kappa shape index (κ1) is 14.6. The lowest BCUT2D eigenvalue weighted by Gasteiger charge is -2.13. The van der Waals surface area contributed by atoms with Crippen LogP contribution in [0.4, 0.5) is 0 Å². The van der Waals surface area contributed by atoms with Crippen LogP contribution in [-0.4, -0.2) is 0 Å². The minimum Gasteiger partial charge on any atom is -0.142 e. The second-order valence-corrected chi connectivity index (χ2v) is 7.65. The zero-order valence-electron chi connectivity index (χ0n) is 10.7. The quantitative estimate of drug-likeness (QED) is 0.382. The highest BCUT2D eigenvalue weighted by Crippen LogP contribution is 2.41. The molecule has 0 nitrogen and oxygen atoms in total. The molecule has 1 heterocycles. The Bertz CT molecular complexity index is 779. The third-order valence-electron chi connectivity index (χ3n) is 3.44. The second-order valence-electron chi connectivity index (χ2n) is 4.62. The summed E-state index contributed by atoms with van der Waals surface area (Å²) < 4.78 is 3.48. The molecule has 0 aliphatic rings. The fourth-order valence-electron chi connectivity index (χ4n) is 2.30. The number of rotatable bonds is 2. The van der Waals surface area contributed by atoms with E-state index in [-0.39, 0.29) is 5.38 Å². The number of hydrogen-bond donors (Lipinski definition) is 0. The van der Waals surface area contributed by atoms with Gasteiger partial charge in [-0.1, -0.05) is 40.2 Å². The molecule has 1 aromatic heterocycles. The van der Waals surface area contributed by atoms with Crippen LogP contribution in [0, 0.1) is 6.92 Å². The molecule has 1 unspecified atom stereocenters. The molecular weight excluding hydrogens is 420 g/mol. The molecule has 0 saturated heterocycles. The molecule has 20 heavy (non-hydrogen) atoms. The van der Waals surface area contributed by atoms with Gasteiger partial charge in [0.25, 0.3) is 0 Å². The normalized spacial score (nSPS) is 12.8. The Balaban J connectivity index is 2.16. The van der Waals surface area contributed by atoms with Crippen molar-refractivity contribution in [2.75, 3.05) is 0 Å². The van der Waals surface area contributed by atoms with Crippen LogP contribution >= 0.6 is 54.8 Å². The van der Waals surface area contributed by atoms with Gasteiger partial charge in [0.05, 0.1) is 5.38 Å². The van der Waals surface area contributed by atoms with Crippen molar-refractivity contribution in [1.29, 1.82) is 0 Å². The number of hydrogen-bond acceptors (Lipinski definition) is 1. The minimum absolute atomic E-state index is 0.129. The highest BCUT2D eigenvalue weighted by molar-refractivity contribution is 9.11. The molecule has 0 aliphatic carbocycles. The predicted octanol–water partition coefficient (Wildman–Crippen LogP) is 7.06. The molecule has 0 aliphatic heterocycles. The number of fused-ring (bicyclic) bond motifs is 1. The van der Waals surface area contributed by atoms with Crippen LogP contribution in [-0.2, 0) is 0 Å². The van der Waals surface area contributed by atoms with Crippen LogP contribution in [0.3, 0.4) is 0 Å². The molecule has 0 amide bonds. The molecule has 0 fully saturated rings. The van der Waals surface area contributed by atoms with E-state index in [2.05, 4.69) is 68.4 Å². The van der Waals surface area contributed by atoms with Gasteiger partial charge in [-0.15, -0.1) is 22.9 Å². The summed E-state index contributed by atoms with van der Waals surface area (Å²) in [5.41, 5.74) is 3.52. The Kier molecular flexibility index (Phi) is 4.23. The van der Waals surface area contributed by atoms with Crippen molar-refractivity contribution in [3.05, 3.63) is 67.4 Å². The van der Waals surface area contributed by atoms with Gasteiger partial charge in [-0.05, 0) is 62.4 Å². The highest BCUT2D eigenvalue weighted by atomic mass is 79.9. The van der Waals surface area contributed by atoms with Gasteiger partial charge in [0.15, 0.2) is 0 Å². The number of halogens is 3. The summed E-state index contributed by atoms with van der Waals surface area (Å²) >= 11 is 15.7. The monoisotopic (exact) mass is 428 g/mol. The Hall–Kier alpha value is -0.350. The largest absolute Gasteiger partial charge is 0.142 e. The van der Waals surface area contributed by atoms with Gasteiger partial charge < -0.3 is 0 Å². The summed E-state index contributed by atoms with van der Waals surface area (Å²) in [6.45, 7) is 2.10. The van der Waals surface area contributed by atoms with E-state index in [1.54, 1.807) is 11.3 Å². The first-order valence-electron chi connectivity index (χ1n) is 6.14. The van der Waals surface area contributed by atoms with Gasteiger partial charge in [-0.3, -0.25) is 0 Å². The van der Waals surface area contributed by atoms with Gasteiger partial charge in [-0.25, -0.2) is 0 Å². The lowest BCUT2D eigenvalue weighted by Crippen LogP contribution is -1.96. The summed E-state index contributed by atoms with van der Waals surface area (Å²) in [5, 5.41) is 3.26. The summed E-state index contributed by atoms with van der Waals surface area (Å²) in [4.78, 5) is 0. The maximum Gasteiger partial charge on any atom is 0.0852 e. The highest BCUT2D eigenvalue weighted by Gasteiger charge is 2.18. The molecule has 2 aromatic carbocycles. The van der Waals surface area contributed by atoms with Crippen LogP contribution in [0.25, 0.3) is 10.1 Å². The molecule has 0 N–H and O–H groups in total. The molecule has 1 atom stereocenters. The number of thiophene rings is 1. The lowest BCUT2D eigenvalue weighted by molar-refractivity contribution is 1.13. The van der Waals surface area contributed by atoms with E-state index in [1.807, 2.05) is 12.1 Å².